The van der Waals surface area contributed by atoms with E-state index in [4.69, 9.17) is 10.5 Å². The van der Waals surface area contributed by atoms with E-state index in [9.17, 15) is 9.59 Å². The first-order valence-corrected chi connectivity index (χ1v) is 6.49. The van der Waals surface area contributed by atoms with Gasteiger partial charge in [-0.05, 0) is 31.2 Å². The first-order chi connectivity index (χ1) is 10.1. The summed E-state index contributed by atoms with van der Waals surface area (Å²) in [5, 5.41) is 19.9. The summed E-state index contributed by atoms with van der Waals surface area (Å²) in [6, 6.07) is 10.1. The minimum Gasteiger partial charge on any atom is -0.322 e. The van der Waals surface area contributed by atoms with Gasteiger partial charge in [-0.15, -0.1) is 0 Å². The van der Waals surface area contributed by atoms with Gasteiger partial charge in [0.2, 0.25) is 0 Å². The number of carbonyl (C=O) groups excluding carboxylic acids is 2. The van der Waals surface area contributed by atoms with Crippen LogP contribution in [-0.2, 0) is 0 Å². The highest BCUT2D eigenvalue weighted by Gasteiger charge is 2.13. The van der Waals surface area contributed by atoms with E-state index in [1.807, 2.05) is 12.1 Å². The molecule has 0 radical (unpaired) electrons. The lowest BCUT2D eigenvalue weighted by atomic mass is 10.1. The molecule has 1 aromatic carbocycles. The van der Waals surface area contributed by atoms with Crippen LogP contribution in [0.5, 0.6) is 0 Å². The number of amides is 2. The Morgan fingerprint density at radius 3 is 2.05 bits per heavy atom. The Morgan fingerprint density at radius 2 is 1.62 bits per heavy atom. The molecule has 1 aromatic rings. The molecule has 0 unspecified atom stereocenters. The van der Waals surface area contributed by atoms with E-state index in [1.165, 1.54) is 11.8 Å². The van der Waals surface area contributed by atoms with Gasteiger partial charge in [0.1, 0.15) is 0 Å². The lowest BCUT2D eigenvalue weighted by Gasteiger charge is -2.20. The standard InChI is InChI=1S/C15H16N4O2/c1-12(20)13-4-6-14(7-5-13)18-15(21)19(10-2-8-16)11-3-9-17/h4-7H,2-3,10-11H2,1H3,(H,18,21). The molecule has 0 aliphatic rings. The summed E-state index contributed by atoms with van der Waals surface area (Å²) >= 11 is 0. The second kappa shape index (κ2) is 8.34. The average Bonchev–Trinajstić information content (AvgIpc) is 2.47. The Balaban J connectivity index is 2.69. The van der Waals surface area contributed by atoms with Crippen LogP contribution in [0.2, 0.25) is 0 Å². The van der Waals surface area contributed by atoms with Crippen molar-refractivity contribution in [3.05, 3.63) is 29.8 Å². The number of hydrogen-bond acceptors (Lipinski definition) is 4. The molecule has 0 spiro atoms. The highest BCUT2D eigenvalue weighted by atomic mass is 16.2. The Labute approximate surface area is 123 Å². The molecule has 21 heavy (non-hydrogen) atoms. The lowest BCUT2D eigenvalue weighted by molar-refractivity contribution is 0.101. The van der Waals surface area contributed by atoms with Crippen molar-refractivity contribution in [1.29, 1.82) is 10.5 Å². The van der Waals surface area contributed by atoms with Crippen LogP contribution in [-0.4, -0.2) is 29.8 Å². The topological polar surface area (TPSA) is 97.0 Å². The molecule has 2 amide bonds. The molecule has 1 rings (SSSR count). The summed E-state index contributed by atoms with van der Waals surface area (Å²) in [7, 11) is 0. The van der Waals surface area contributed by atoms with Crippen LogP contribution in [0.3, 0.4) is 0 Å². The van der Waals surface area contributed by atoms with Crippen LogP contribution in [0.1, 0.15) is 30.1 Å². The van der Waals surface area contributed by atoms with Gasteiger partial charge in [0.05, 0.1) is 25.0 Å². The van der Waals surface area contributed by atoms with E-state index < -0.39 is 0 Å². The highest BCUT2D eigenvalue weighted by molar-refractivity contribution is 5.95. The van der Waals surface area contributed by atoms with Gasteiger partial charge in [-0.25, -0.2) is 4.79 Å². The summed E-state index contributed by atoms with van der Waals surface area (Å²) in [5.41, 5.74) is 1.13. The van der Waals surface area contributed by atoms with Crippen molar-refractivity contribution in [3.63, 3.8) is 0 Å². The van der Waals surface area contributed by atoms with Crippen molar-refractivity contribution in [2.24, 2.45) is 0 Å². The third-order valence-electron chi connectivity index (χ3n) is 2.82. The van der Waals surface area contributed by atoms with Gasteiger partial charge in [0.15, 0.2) is 5.78 Å². The molecule has 0 atom stereocenters. The summed E-state index contributed by atoms with van der Waals surface area (Å²) in [4.78, 5) is 24.7. The Morgan fingerprint density at radius 1 is 1.10 bits per heavy atom. The largest absolute Gasteiger partial charge is 0.322 e. The Bertz CT molecular complexity index is 563. The van der Waals surface area contributed by atoms with E-state index in [-0.39, 0.29) is 37.7 Å². The molecule has 0 fully saturated rings. The van der Waals surface area contributed by atoms with Crippen molar-refractivity contribution in [2.45, 2.75) is 19.8 Å². The number of nitrogens with zero attached hydrogens (tertiary/aromatic N) is 3. The van der Waals surface area contributed by atoms with E-state index >= 15 is 0 Å². The molecule has 6 heteroatoms. The summed E-state index contributed by atoms with van der Waals surface area (Å²) in [6.07, 6.45) is 0.421. The van der Waals surface area contributed by atoms with Gasteiger partial charge in [-0.1, -0.05) is 0 Å². The van der Waals surface area contributed by atoms with Gasteiger partial charge in [-0.2, -0.15) is 10.5 Å². The van der Waals surface area contributed by atoms with Gasteiger partial charge >= 0.3 is 6.03 Å². The van der Waals surface area contributed by atoms with Gasteiger partial charge in [0.25, 0.3) is 0 Å². The maximum atomic E-state index is 12.1. The number of Topliss-reactive ketones (excluding diaryl/α,β-unsaturated/α-hetero) is 1. The van der Waals surface area contributed by atoms with Crippen LogP contribution in [0, 0.1) is 22.7 Å². The Kier molecular flexibility index (Phi) is 6.43. The zero-order valence-corrected chi connectivity index (χ0v) is 11.8. The Hall–Kier alpha value is -2.86. The molecule has 108 valence electrons. The molecule has 0 aliphatic heterocycles. The summed E-state index contributed by atoms with van der Waals surface area (Å²) < 4.78 is 0. The number of urea groups is 1. The maximum Gasteiger partial charge on any atom is 0.321 e. The van der Waals surface area contributed by atoms with Crippen molar-refractivity contribution in [1.82, 2.24) is 4.90 Å². The third kappa shape index (κ3) is 5.33. The predicted octanol–water partition coefficient (Wildman–Crippen LogP) is 2.55. The van der Waals surface area contributed by atoms with Crippen molar-refractivity contribution in [2.75, 3.05) is 18.4 Å². The molecule has 0 saturated carbocycles. The smallest absolute Gasteiger partial charge is 0.321 e. The minimum atomic E-state index is -0.365. The van der Waals surface area contributed by atoms with Crippen LogP contribution in [0.15, 0.2) is 24.3 Å². The van der Waals surface area contributed by atoms with E-state index in [2.05, 4.69) is 5.32 Å². The number of ketones is 1. The zero-order chi connectivity index (χ0) is 15.7. The van der Waals surface area contributed by atoms with Crippen LogP contribution < -0.4 is 5.32 Å². The first-order valence-electron chi connectivity index (χ1n) is 6.49. The van der Waals surface area contributed by atoms with Gasteiger partial charge in [-0.3, -0.25) is 4.79 Å². The average molecular weight is 284 g/mol. The molecular formula is C15H16N4O2. The quantitative estimate of drug-likeness (QED) is 0.812. The number of carbonyl (C=O) groups is 2. The van der Waals surface area contributed by atoms with E-state index in [0.717, 1.165) is 0 Å². The van der Waals surface area contributed by atoms with Crippen molar-refractivity contribution >= 4 is 17.5 Å². The second-order valence-electron chi connectivity index (χ2n) is 4.37. The number of hydrogen-bond donors (Lipinski definition) is 1. The van der Waals surface area contributed by atoms with Crippen molar-refractivity contribution in [3.8, 4) is 12.1 Å². The van der Waals surface area contributed by atoms with Crippen LogP contribution >= 0.6 is 0 Å². The molecule has 0 aliphatic carbocycles. The maximum absolute atomic E-state index is 12.1. The monoisotopic (exact) mass is 284 g/mol. The molecule has 0 aromatic heterocycles. The number of nitrogens with one attached hydrogen (secondary N) is 1. The van der Waals surface area contributed by atoms with Gasteiger partial charge < -0.3 is 10.2 Å². The highest BCUT2D eigenvalue weighted by Crippen LogP contribution is 2.11. The van der Waals surface area contributed by atoms with Gasteiger partial charge in [0, 0.05) is 24.3 Å². The normalized spacial score (nSPS) is 9.29. The van der Waals surface area contributed by atoms with E-state index in [1.54, 1.807) is 24.3 Å². The predicted molar refractivity (Wildman–Crippen MR) is 77.5 cm³/mol. The molecule has 6 nitrogen and oxygen atoms in total. The fourth-order valence-corrected chi connectivity index (χ4v) is 1.68. The second-order valence-corrected chi connectivity index (χ2v) is 4.37. The molecular weight excluding hydrogens is 268 g/mol. The summed E-state index contributed by atoms with van der Waals surface area (Å²) in [6.45, 7) is 2.02. The molecule has 0 saturated heterocycles. The van der Waals surface area contributed by atoms with Crippen LogP contribution in [0.25, 0.3) is 0 Å². The van der Waals surface area contributed by atoms with Crippen molar-refractivity contribution < 1.29 is 9.59 Å². The number of rotatable bonds is 6. The first kappa shape index (κ1) is 16.2. The molecule has 1 N–H and O–H groups in total. The zero-order valence-electron chi connectivity index (χ0n) is 11.8. The SMILES string of the molecule is CC(=O)c1ccc(NC(=O)N(CCC#N)CCC#N)cc1. The number of benzene rings is 1. The minimum absolute atomic E-state index is 0.0439. The lowest BCUT2D eigenvalue weighted by Crippen LogP contribution is -2.36. The molecule has 0 heterocycles. The fourth-order valence-electron chi connectivity index (χ4n) is 1.68. The summed E-state index contributed by atoms with van der Waals surface area (Å²) in [5.74, 6) is -0.0439. The molecule has 0 bridgehead atoms. The number of nitriles is 2. The van der Waals surface area contributed by atoms with E-state index in [0.29, 0.717) is 11.3 Å². The third-order valence-corrected chi connectivity index (χ3v) is 2.82. The fraction of sp³-hybridized carbons (Fsp3) is 0.333. The number of anilines is 1. The van der Waals surface area contributed by atoms with Crippen LogP contribution in [0.4, 0.5) is 10.5 Å².